The predicted molar refractivity (Wildman–Crippen MR) is 168 cm³/mol. The first-order valence-electron chi connectivity index (χ1n) is 17.7. The van der Waals surface area contributed by atoms with Gasteiger partial charge in [-0.3, -0.25) is 19.2 Å². The van der Waals surface area contributed by atoms with Gasteiger partial charge in [0.1, 0.15) is 42.4 Å². The van der Waals surface area contributed by atoms with E-state index in [2.05, 4.69) is 0 Å². The maximum absolute atomic E-state index is 14.6. The van der Waals surface area contributed by atoms with Crippen LogP contribution in [0.4, 0.5) is 0 Å². The Kier molecular flexibility index (Phi) is 8.23. The Bertz CT molecular complexity index is 1590. The third-order valence-electron chi connectivity index (χ3n) is 14.2. The van der Waals surface area contributed by atoms with Crippen molar-refractivity contribution < 1.29 is 72.8 Å². The van der Waals surface area contributed by atoms with Crippen LogP contribution in [0.2, 0.25) is 0 Å². The number of hydrogen-bond acceptors (Lipinski definition) is 15. The highest BCUT2D eigenvalue weighted by Crippen LogP contribution is 2.76. The maximum Gasteiger partial charge on any atom is 0.343 e. The average molecular weight is 721 g/mol. The van der Waals surface area contributed by atoms with E-state index < -0.39 is 149 Å². The second-order valence-corrected chi connectivity index (χ2v) is 16.6. The van der Waals surface area contributed by atoms with Gasteiger partial charge in [0.2, 0.25) is 0 Å². The lowest BCUT2D eigenvalue weighted by molar-refractivity contribution is -0.302. The quantitative estimate of drug-likeness (QED) is 0.124. The number of Topliss-reactive ketones (excluding diaryl/α,β-unsaturated/α-hetero) is 1. The minimum atomic E-state index is -2.12. The molecule has 0 aromatic heterocycles. The number of carbonyl (C=O) groups excluding carboxylic acids is 5. The van der Waals surface area contributed by atoms with Crippen LogP contribution < -0.4 is 0 Å². The zero-order valence-electron chi connectivity index (χ0n) is 29.9. The molecule has 51 heavy (non-hydrogen) atoms. The van der Waals surface area contributed by atoms with E-state index in [1.165, 1.54) is 27.7 Å². The van der Waals surface area contributed by atoms with E-state index >= 15 is 0 Å². The van der Waals surface area contributed by atoms with Crippen LogP contribution in [0.5, 0.6) is 0 Å². The Morgan fingerprint density at radius 3 is 2.08 bits per heavy atom. The fourth-order valence-electron chi connectivity index (χ4n) is 12.3. The van der Waals surface area contributed by atoms with Crippen molar-refractivity contribution in [1.29, 1.82) is 0 Å². The molecule has 7 unspecified atom stereocenters. The molecule has 7 rings (SSSR count). The summed E-state index contributed by atoms with van der Waals surface area (Å²) in [6, 6.07) is 0. The molecule has 4 saturated carbocycles. The number of ketones is 1. The van der Waals surface area contributed by atoms with E-state index in [4.69, 9.17) is 28.4 Å². The summed E-state index contributed by atoms with van der Waals surface area (Å²) in [6.07, 6.45) is -7.50. The van der Waals surface area contributed by atoms with E-state index in [0.29, 0.717) is 0 Å². The second kappa shape index (κ2) is 11.5. The van der Waals surface area contributed by atoms with Crippen LogP contribution in [0.15, 0.2) is 11.8 Å². The maximum atomic E-state index is 14.6. The highest BCUT2D eigenvalue weighted by molar-refractivity contribution is 5.88. The van der Waals surface area contributed by atoms with Crippen LogP contribution in [0.1, 0.15) is 61.8 Å². The monoisotopic (exact) mass is 720 g/mol. The highest BCUT2D eigenvalue weighted by Gasteiger charge is 2.83. The van der Waals surface area contributed by atoms with Crippen LogP contribution in [-0.4, -0.2) is 111 Å². The van der Waals surface area contributed by atoms with Crippen molar-refractivity contribution in [3.05, 3.63) is 11.8 Å². The normalized spacial score (nSPS) is 52.4. The fourth-order valence-corrected chi connectivity index (χ4v) is 12.3. The molecule has 5 aliphatic carbocycles. The smallest absolute Gasteiger partial charge is 0.343 e. The molecular weight excluding hydrogens is 672 g/mol. The molecule has 0 aromatic carbocycles. The Labute approximate surface area is 294 Å². The molecule has 7 aliphatic rings. The summed E-state index contributed by atoms with van der Waals surface area (Å²) < 4.78 is 36.3. The minimum absolute atomic E-state index is 0.182. The van der Waals surface area contributed by atoms with Crippen molar-refractivity contribution >= 4 is 29.7 Å². The van der Waals surface area contributed by atoms with Gasteiger partial charge >= 0.3 is 23.9 Å². The molecule has 2 saturated heterocycles. The van der Waals surface area contributed by atoms with Crippen molar-refractivity contribution in [2.24, 2.45) is 57.7 Å². The summed E-state index contributed by atoms with van der Waals surface area (Å²) in [4.78, 5) is 66.8. The summed E-state index contributed by atoms with van der Waals surface area (Å²) in [7, 11) is 0. The van der Waals surface area contributed by atoms with Crippen LogP contribution in [-0.2, 0) is 52.4 Å². The molecule has 6 fully saturated rings. The molecule has 15 heteroatoms. The third-order valence-corrected chi connectivity index (χ3v) is 14.2. The topological polar surface area (TPSA) is 225 Å². The largest absolute Gasteiger partial charge is 0.462 e. The SMILES string of the molecule is CC(=O)O[C@@H]1C2C3C([C@H](OC(O)CO)[C@H](OC(C)=O)[C@]2(C)C2C1[C@]1(C)C(=C[C@H]2C)OC(=O)[C@@]1(C)O)[C@]1(C)C(C[C@@H]2O[C@@H]2[C@@H]1OC(C)=O)C(=O)[C@@H]3O. The van der Waals surface area contributed by atoms with Crippen molar-refractivity contribution in [3.63, 3.8) is 0 Å². The number of esters is 4. The molecule has 2 heterocycles. The van der Waals surface area contributed by atoms with Crippen molar-refractivity contribution in [2.75, 3.05) is 6.61 Å². The van der Waals surface area contributed by atoms with E-state index in [0.717, 1.165) is 0 Å². The summed E-state index contributed by atoms with van der Waals surface area (Å²) >= 11 is 0. The zero-order chi connectivity index (χ0) is 37.5. The van der Waals surface area contributed by atoms with Gasteiger partial charge in [0.05, 0.1) is 18.1 Å². The minimum Gasteiger partial charge on any atom is -0.462 e. The molecule has 0 radical (unpaired) electrons. The molecule has 0 spiro atoms. The molecule has 4 N–H and O–H groups in total. The Balaban J connectivity index is 1.53. The van der Waals surface area contributed by atoms with Gasteiger partial charge < -0.3 is 48.8 Å². The lowest BCUT2D eigenvalue weighted by Gasteiger charge is -2.65. The van der Waals surface area contributed by atoms with E-state index in [1.807, 2.05) is 6.92 Å². The Morgan fingerprint density at radius 2 is 1.49 bits per heavy atom. The highest BCUT2D eigenvalue weighted by atomic mass is 16.6. The molecule has 0 bridgehead atoms. The van der Waals surface area contributed by atoms with Crippen molar-refractivity contribution in [2.45, 2.75) is 116 Å². The molecule has 0 aromatic rings. The number of hydrogen-bond donors (Lipinski definition) is 4. The van der Waals surface area contributed by atoms with Crippen LogP contribution in [0.3, 0.4) is 0 Å². The number of aliphatic hydroxyl groups is 4. The van der Waals surface area contributed by atoms with E-state index in [9.17, 15) is 44.4 Å². The molecule has 2 aliphatic heterocycles. The van der Waals surface area contributed by atoms with Crippen LogP contribution in [0, 0.1) is 57.7 Å². The second-order valence-electron chi connectivity index (χ2n) is 16.6. The van der Waals surface area contributed by atoms with Gasteiger partial charge in [0, 0.05) is 61.2 Å². The van der Waals surface area contributed by atoms with Gasteiger partial charge in [-0.2, -0.15) is 0 Å². The van der Waals surface area contributed by atoms with Gasteiger partial charge in [-0.25, -0.2) is 4.79 Å². The predicted octanol–water partition coefficient (Wildman–Crippen LogP) is 0.177. The van der Waals surface area contributed by atoms with Crippen molar-refractivity contribution in [1.82, 2.24) is 0 Å². The number of aliphatic hydroxyl groups excluding tert-OH is 3. The van der Waals surface area contributed by atoms with Crippen molar-refractivity contribution in [3.8, 4) is 0 Å². The first kappa shape index (κ1) is 36.4. The lowest BCUT2D eigenvalue weighted by atomic mass is 9.41. The molecular formula is C36H48O15. The Hall–Kier alpha value is -2.95. The Morgan fingerprint density at radius 1 is 0.902 bits per heavy atom. The molecule has 15 nitrogen and oxygen atoms in total. The number of rotatable bonds is 6. The first-order valence-corrected chi connectivity index (χ1v) is 17.7. The molecule has 19 atom stereocenters. The standard InChI is InChI=1S/C36H48O15/c1-12-9-18-35(7,36(8,45)32(44)50-18)24-21(12)34(6)22(28(24)46-13(2)38)20-23(29(51-19(41)11-37)31(34)48-15(4)40)33(5)16(25(42)26(20)43)10-17-27(49-17)30(33)47-14(3)39/h9,12,16-17,19-24,26-31,37,41,43,45H,10-11H2,1-8H3/t12-,16?,17+,19?,20?,21?,22?,23?,24?,26-,27+,28-,29+,30+,31+,33+,34-,35+,36-/m1/s1. The number of fused-ring (bicyclic) bond motifs is 10. The fraction of sp³-hybridized carbons (Fsp3) is 0.806. The number of ether oxygens (including phenoxy) is 6. The van der Waals surface area contributed by atoms with Gasteiger partial charge in [-0.15, -0.1) is 0 Å². The van der Waals surface area contributed by atoms with Gasteiger partial charge in [0.25, 0.3) is 0 Å². The lowest BCUT2D eigenvalue weighted by Crippen LogP contribution is -2.75. The summed E-state index contributed by atoms with van der Waals surface area (Å²) in [5, 5.41) is 45.3. The van der Waals surface area contributed by atoms with Gasteiger partial charge in [0.15, 0.2) is 17.7 Å². The van der Waals surface area contributed by atoms with E-state index in [-0.39, 0.29) is 12.2 Å². The number of epoxide rings is 1. The zero-order valence-corrected chi connectivity index (χ0v) is 29.9. The van der Waals surface area contributed by atoms with Crippen LogP contribution in [0.25, 0.3) is 0 Å². The summed E-state index contributed by atoms with van der Waals surface area (Å²) in [6.45, 7) is 11.1. The third kappa shape index (κ3) is 4.60. The first-order chi connectivity index (χ1) is 23.7. The molecule has 0 amide bonds. The number of carbonyl (C=O) groups is 5. The van der Waals surface area contributed by atoms with Gasteiger partial charge in [-0.1, -0.05) is 20.8 Å². The van der Waals surface area contributed by atoms with Gasteiger partial charge in [-0.05, 0) is 38.2 Å². The summed E-state index contributed by atoms with van der Waals surface area (Å²) in [5.41, 5.74) is -6.35. The van der Waals surface area contributed by atoms with Crippen LogP contribution >= 0.6 is 0 Å². The molecule has 282 valence electrons. The average Bonchev–Trinajstić information content (AvgIpc) is 3.72. The number of allylic oxidation sites excluding steroid dienone is 1. The van der Waals surface area contributed by atoms with E-state index in [1.54, 1.807) is 26.8 Å². The summed E-state index contributed by atoms with van der Waals surface area (Å²) in [5.74, 6) is -9.59.